The molecule has 0 spiro atoms. The van der Waals surface area contributed by atoms with Gasteiger partial charge < -0.3 is 5.32 Å². The van der Waals surface area contributed by atoms with Crippen molar-refractivity contribution in [3.63, 3.8) is 0 Å². The van der Waals surface area contributed by atoms with Crippen LogP contribution in [-0.4, -0.2) is 4.32 Å². The molecule has 0 aliphatic carbocycles. The van der Waals surface area contributed by atoms with Crippen molar-refractivity contribution in [3.05, 3.63) is 29.3 Å². The maximum atomic E-state index is 5.72. The minimum absolute atomic E-state index is 0.437. The van der Waals surface area contributed by atoms with Crippen LogP contribution in [0, 0.1) is 0 Å². The first-order valence-corrected chi connectivity index (χ1v) is 4.17. The van der Waals surface area contributed by atoms with Crippen molar-refractivity contribution in [2.75, 3.05) is 5.32 Å². The van der Waals surface area contributed by atoms with Gasteiger partial charge in [-0.1, -0.05) is 29.9 Å². The van der Waals surface area contributed by atoms with E-state index in [1.165, 1.54) is 0 Å². The normalized spacial score (nSPS) is 9.27. The summed E-state index contributed by atoms with van der Waals surface area (Å²) >= 11 is 14.4. The molecule has 0 aliphatic rings. The number of thiocarbonyl (C=S) groups is 1. The molecule has 1 aromatic carbocycles. The fourth-order valence-electron chi connectivity index (χ4n) is 0.690. The maximum Gasteiger partial charge on any atom is 0.135 e. The molecule has 0 atom stereocenters. The van der Waals surface area contributed by atoms with Gasteiger partial charge in [-0.2, -0.15) is 0 Å². The van der Waals surface area contributed by atoms with Gasteiger partial charge >= 0.3 is 0 Å². The first-order valence-electron chi connectivity index (χ1n) is 2.94. The summed E-state index contributed by atoms with van der Waals surface area (Å²) in [6, 6.07) is 7.30. The topological polar surface area (TPSA) is 12.0 Å². The lowest BCUT2D eigenvalue weighted by atomic mass is 10.3. The van der Waals surface area contributed by atoms with Gasteiger partial charge in [0.15, 0.2) is 0 Å². The highest BCUT2D eigenvalue weighted by Gasteiger charge is 1.92. The predicted octanol–water partition coefficient (Wildman–Crippen LogP) is 2.97. The van der Waals surface area contributed by atoms with E-state index in [0.717, 1.165) is 5.69 Å². The second-order valence-electron chi connectivity index (χ2n) is 1.94. The molecule has 0 saturated heterocycles. The van der Waals surface area contributed by atoms with Crippen LogP contribution >= 0.6 is 36.4 Å². The van der Waals surface area contributed by atoms with Gasteiger partial charge in [0.2, 0.25) is 0 Å². The standard InChI is InChI=1S/C7H6ClNS2/c8-5-2-1-3-6(4-5)9-7(10)11/h1-4H,(H2,9,10,11). The summed E-state index contributed by atoms with van der Waals surface area (Å²) in [5.74, 6) is 0. The summed E-state index contributed by atoms with van der Waals surface area (Å²) in [5.41, 5.74) is 0.859. The van der Waals surface area contributed by atoms with Crippen LogP contribution in [0.4, 0.5) is 5.69 Å². The summed E-state index contributed by atoms with van der Waals surface area (Å²) in [5, 5.41) is 3.54. The SMILES string of the molecule is S=C(S)Nc1cccc(Cl)c1. The van der Waals surface area contributed by atoms with Gasteiger partial charge in [0, 0.05) is 10.7 Å². The van der Waals surface area contributed by atoms with Crippen molar-refractivity contribution in [2.24, 2.45) is 0 Å². The second kappa shape index (κ2) is 3.95. The molecular formula is C7H6ClNS2. The molecule has 0 bridgehead atoms. The van der Waals surface area contributed by atoms with Gasteiger partial charge in [-0.3, -0.25) is 0 Å². The molecule has 4 heteroatoms. The van der Waals surface area contributed by atoms with Crippen LogP contribution in [0.1, 0.15) is 0 Å². The minimum Gasteiger partial charge on any atom is -0.341 e. The smallest absolute Gasteiger partial charge is 0.135 e. The fraction of sp³-hybridized carbons (Fsp3) is 0. The van der Waals surface area contributed by atoms with Crippen LogP contribution in [0.2, 0.25) is 5.02 Å². The third-order valence-corrected chi connectivity index (χ3v) is 1.52. The largest absolute Gasteiger partial charge is 0.341 e. The van der Waals surface area contributed by atoms with Gasteiger partial charge in [0.1, 0.15) is 4.32 Å². The van der Waals surface area contributed by atoms with E-state index in [9.17, 15) is 0 Å². The van der Waals surface area contributed by atoms with Crippen molar-refractivity contribution in [2.45, 2.75) is 0 Å². The van der Waals surface area contributed by atoms with Crippen molar-refractivity contribution in [1.29, 1.82) is 0 Å². The highest BCUT2D eigenvalue weighted by atomic mass is 35.5. The Hall–Kier alpha value is -0.250. The Morgan fingerprint density at radius 1 is 1.55 bits per heavy atom. The van der Waals surface area contributed by atoms with E-state index >= 15 is 0 Å². The van der Waals surface area contributed by atoms with Gasteiger partial charge in [0.25, 0.3) is 0 Å². The minimum atomic E-state index is 0.437. The van der Waals surface area contributed by atoms with E-state index in [4.69, 9.17) is 23.8 Å². The Morgan fingerprint density at radius 2 is 2.27 bits per heavy atom. The zero-order valence-corrected chi connectivity index (χ0v) is 8.01. The molecule has 58 valence electrons. The Morgan fingerprint density at radius 3 is 2.82 bits per heavy atom. The van der Waals surface area contributed by atoms with Crippen LogP contribution in [0.5, 0.6) is 0 Å². The van der Waals surface area contributed by atoms with Crippen molar-refractivity contribution in [1.82, 2.24) is 0 Å². The highest BCUT2D eigenvalue weighted by molar-refractivity contribution is 8.11. The second-order valence-corrected chi connectivity index (χ2v) is 3.53. The van der Waals surface area contributed by atoms with Crippen molar-refractivity contribution >= 4 is 46.5 Å². The summed E-state index contributed by atoms with van der Waals surface area (Å²) in [7, 11) is 0. The van der Waals surface area contributed by atoms with Crippen LogP contribution in [0.15, 0.2) is 24.3 Å². The number of anilines is 1. The molecule has 0 radical (unpaired) electrons. The van der Waals surface area contributed by atoms with Gasteiger partial charge in [-0.15, -0.1) is 12.6 Å². The molecule has 1 rings (SSSR count). The molecule has 0 amide bonds. The van der Waals surface area contributed by atoms with E-state index in [1.807, 2.05) is 12.1 Å². The molecule has 1 aromatic rings. The van der Waals surface area contributed by atoms with Gasteiger partial charge in [-0.05, 0) is 18.2 Å². The molecule has 1 nitrogen and oxygen atoms in total. The molecule has 0 aliphatic heterocycles. The molecule has 0 heterocycles. The third-order valence-electron chi connectivity index (χ3n) is 1.08. The number of nitrogens with one attached hydrogen (secondary N) is 1. The molecule has 11 heavy (non-hydrogen) atoms. The lowest BCUT2D eigenvalue weighted by Crippen LogP contribution is -1.99. The fourth-order valence-corrected chi connectivity index (χ4v) is 1.13. The Labute approximate surface area is 81.2 Å². The highest BCUT2D eigenvalue weighted by Crippen LogP contribution is 2.14. The molecule has 0 unspecified atom stereocenters. The van der Waals surface area contributed by atoms with Crippen molar-refractivity contribution in [3.8, 4) is 0 Å². The van der Waals surface area contributed by atoms with Crippen LogP contribution < -0.4 is 5.32 Å². The Balaban J connectivity index is 2.79. The monoisotopic (exact) mass is 203 g/mol. The summed E-state index contributed by atoms with van der Waals surface area (Å²) in [6.07, 6.45) is 0. The third kappa shape index (κ3) is 3.10. The zero-order chi connectivity index (χ0) is 8.27. The molecule has 0 aromatic heterocycles. The number of hydrogen-bond acceptors (Lipinski definition) is 1. The lowest BCUT2D eigenvalue weighted by Gasteiger charge is -2.01. The summed E-state index contributed by atoms with van der Waals surface area (Å²) in [6.45, 7) is 0. The average molecular weight is 204 g/mol. The molecule has 0 saturated carbocycles. The van der Waals surface area contributed by atoms with Gasteiger partial charge in [0.05, 0.1) is 0 Å². The number of halogens is 1. The number of rotatable bonds is 1. The predicted molar refractivity (Wildman–Crippen MR) is 56.7 cm³/mol. The quantitative estimate of drug-likeness (QED) is 0.538. The van der Waals surface area contributed by atoms with E-state index < -0.39 is 0 Å². The Bertz CT molecular complexity index is 275. The Kier molecular flexibility index (Phi) is 3.17. The van der Waals surface area contributed by atoms with Crippen LogP contribution in [0.25, 0.3) is 0 Å². The van der Waals surface area contributed by atoms with Gasteiger partial charge in [-0.25, -0.2) is 0 Å². The average Bonchev–Trinajstić information content (AvgIpc) is 1.85. The number of hydrogen-bond donors (Lipinski definition) is 2. The first kappa shape index (κ1) is 8.84. The zero-order valence-electron chi connectivity index (χ0n) is 5.54. The summed E-state index contributed by atoms with van der Waals surface area (Å²) < 4.78 is 0.437. The molecule has 0 fully saturated rings. The maximum absolute atomic E-state index is 5.72. The van der Waals surface area contributed by atoms with E-state index in [2.05, 4.69) is 17.9 Å². The van der Waals surface area contributed by atoms with Crippen LogP contribution in [0.3, 0.4) is 0 Å². The molecular weight excluding hydrogens is 198 g/mol. The van der Waals surface area contributed by atoms with E-state index in [0.29, 0.717) is 9.34 Å². The van der Waals surface area contributed by atoms with E-state index in [-0.39, 0.29) is 0 Å². The van der Waals surface area contributed by atoms with E-state index in [1.54, 1.807) is 12.1 Å². The first-order chi connectivity index (χ1) is 5.18. The lowest BCUT2D eigenvalue weighted by molar-refractivity contribution is 1.66. The summed E-state index contributed by atoms with van der Waals surface area (Å²) in [4.78, 5) is 0. The number of thiol groups is 1. The van der Waals surface area contributed by atoms with Crippen LogP contribution in [-0.2, 0) is 0 Å². The van der Waals surface area contributed by atoms with Crippen molar-refractivity contribution < 1.29 is 0 Å². The number of benzene rings is 1. The molecule has 1 N–H and O–H groups in total.